The molecule has 0 aromatic heterocycles. The molecule has 10 heteroatoms. The Morgan fingerprint density at radius 1 is 0.967 bits per heavy atom. The molecule has 7 amide bonds. The maximum Gasteiger partial charge on any atom is 0.344 e. The molecule has 1 spiro atoms. The number of benzene rings is 1. The van der Waals surface area contributed by atoms with Gasteiger partial charge < -0.3 is 10.6 Å². The van der Waals surface area contributed by atoms with E-state index in [1.165, 1.54) is 0 Å². The van der Waals surface area contributed by atoms with Gasteiger partial charge in [0.2, 0.25) is 0 Å². The summed E-state index contributed by atoms with van der Waals surface area (Å²) in [4.78, 5) is 63.5. The third-order valence-electron chi connectivity index (χ3n) is 6.03. The second-order valence-electron chi connectivity index (χ2n) is 8.06. The van der Waals surface area contributed by atoms with E-state index in [0.717, 1.165) is 24.2 Å². The van der Waals surface area contributed by atoms with Gasteiger partial charge in [-0.05, 0) is 25.3 Å². The second kappa shape index (κ2) is 7.12. The highest BCUT2D eigenvalue weighted by atomic mass is 16.2. The van der Waals surface area contributed by atoms with Gasteiger partial charge in [0.25, 0.3) is 17.7 Å². The third kappa shape index (κ3) is 3.08. The van der Waals surface area contributed by atoms with Gasteiger partial charge in [0.05, 0.1) is 0 Å². The Morgan fingerprint density at radius 2 is 1.63 bits per heavy atom. The van der Waals surface area contributed by atoms with Crippen molar-refractivity contribution in [2.75, 3.05) is 6.54 Å². The number of nitrogens with one attached hydrogen (secondary N) is 3. The van der Waals surface area contributed by atoms with E-state index in [4.69, 9.17) is 0 Å². The molecular weight excluding hydrogens is 390 g/mol. The average molecular weight is 413 g/mol. The maximum absolute atomic E-state index is 12.9. The zero-order chi connectivity index (χ0) is 21.5. The Hall–Kier alpha value is -3.43. The van der Waals surface area contributed by atoms with E-state index in [1.54, 1.807) is 37.3 Å². The summed E-state index contributed by atoms with van der Waals surface area (Å²) in [5.41, 5.74) is 0.550. The quantitative estimate of drug-likeness (QED) is 0.628. The van der Waals surface area contributed by atoms with E-state index >= 15 is 0 Å². The lowest BCUT2D eigenvalue weighted by atomic mass is 9.82. The van der Waals surface area contributed by atoms with E-state index in [2.05, 4.69) is 16.1 Å². The molecule has 2 aliphatic heterocycles. The van der Waals surface area contributed by atoms with Crippen LogP contribution < -0.4 is 16.1 Å². The summed E-state index contributed by atoms with van der Waals surface area (Å²) >= 11 is 0. The maximum atomic E-state index is 12.9. The summed E-state index contributed by atoms with van der Waals surface area (Å²) in [5, 5.41) is 5.95. The summed E-state index contributed by atoms with van der Waals surface area (Å²) in [7, 11) is 0. The van der Waals surface area contributed by atoms with Crippen LogP contribution in [0.5, 0.6) is 0 Å². The fourth-order valence-electron chi connectivity index (χ4n) is 4.33. The summed E-state index contributed by atoms with van der Waals surface area (Å²) in [5.74, 6) is -1.91. The van der Waals surface area contributed by atoms with Gasteiger partial charge >= 0.3 is 12.1 Å². The molecule has 2 heterocycles. The lowest BCUT2D eigenvalue weighted by Crippen LogP contribution is -2.53. The number of amides is 7. The summed E-state index contributed by atoms with van der Waals surface area (Å²) in [6.07, 6.45) is 3.66. The Bertz CT molecular complexity index is 927. The van der Waals surface area contributed by atoms with Gasteiger partial charge in [0, 0.05) is 0 Å². The van der Waals surface area contributed by atoms with E-state index < -0.39 is 47.4 Å². The molecule has 10 nitrogen and oxygen atoms in total. The van der Waals surface area contributed by atoms with Crippen molar-refractivity contribution in [2.45, 2.75) is 50.1 Å². The van der Waals surface area contributed by atoms with Gasteiger partial charge in [-0.15, -0.1) is 0 Å². The molecule has 3 N–H and O–H groups in total. The number of hydrazine groups is 1. The molecule has 1 aromatic rings. The first kappa shape index (κ1) is 19.9. The molecule has 0 radical (unpaired) electrons. The third-order valence-corrected chi connectivity index (χ3v) is 6.03. The summed E-state index contributed by atoms with van der Waals surface area (Å²) in [6, 6.07) is 7.26. The molecule has 3 aliphatic rings. The number of rotatable bonds is 4. The molecule has 1 atom stereocenters. The van der Waals surface area contributed by atoms with Crippen molar-refractivity contribution in [2.24, 2.45) is 0 Å². The van der Waals surface area contributed by atoms with Crippen LogP contribution in [0.15, 0.2) is 30.3 Å². The van der Waals surface area contributed by atoms with E-state index in [1.807, 2.05) is 0 Å². The Morgan fingerprint density at radius 3 is 2.30 bits per heavy atom. The van der Waals surface area contributed by atoms with Crippen LogP contribution >= 0.6 is 0 Å². The smallest absolute Gasteiger partial charge is 0.322 e. The van der Waals surface area contributed by atoms with Crippen molar-refractivity contribution in [3.63, 3.8) is 0 Å². The molecule has 30 heavy (non-hydrogen) atoms. The molecule has 1 aliphatic carbocycles. The van der Waals surface area contributed by atoms with E-state index in [9.17, 15) is 24.0 Å². The number of hydrogen-bond acceptors (Lipinski definition) is 5. The molecule has 2 saturated heterocycles. The molecular formula is C20H23N5O5. The van der Waals surface area contributed by atoms with Crippen LogP contribution in [-0.2, 0) is 19.9 Å². The minimum Gasteiger partial charge on any atom is -0.322 e. The molecule has 0 bridgehead atoms. The summed E-state index contributed by atoms with van der Waals surface area (Å²) < 4.78 is 0. The van der Waals surface area contributed by atoms with Crippen LogP contribution in [0.3, 0.4) is 0 Å². The van der Waals surface area contributed by atoms with Crippen molar-refractivity contribution < 1.29 is 24.0 Å². The number of carbonyl (C=O) groups is 5. The fourth-order valence-corrected chi connectivity index (χ4v) is 4.33. The minimum absolute atomic E-state index is 0.508. The highest BCUT2D eigenvalue weighted by Gasteiger charge is 2.53. The van der Waals surface area contributed by atoms with Crippen molar-refractivity contribution in [3.8, 4) is 0 Å². The molecule has 1 aromatic carbocycles. The van der Waals surface area contributed by atoms with Crippen LogP contribution in [0.1, 0.15) is 44.6 Å². The molecule has 1 saturated carbocycles. The van der Waals surface area contributed by atoms with Crippen LogP contribution in [0.2, 0.25) is 0 Å². The monoisotopic (exact) mass is 413 g/mol. The Labute approximate surface area is 172 Å². The SMILES string of the molecule is CC1(c2ccccc2)NC(=O)N(CC(=O)NN2C(=O)NC3(CCCCC3)C2=O)C1=O. The van der Waals surface area contributed by atoms with Gasteiger partial charge in [-0.2, -0.15) is 5.01 Å². The zero-order valence-electron chi connectivity index (χ0n) is 16.6. The topological polar surface area (TPSA) is 128 Å². The van der Waals surface area contributed by atoms with Crippen LogP contribution in [0.25, 0.3) is 0 Å². The molecule has 3 fully saturated rings. The fraction of sp³-hybridized carbons (Fsp3) is 0.450. The Balaban J connectivity index is 1.44. The van der Waals surface area contributed by atoms with Gasteiger partial charge in [-0.25, -0.2) is 9.59 Å². The number of nitrogens with zero attached hydrogens (tertiary/aromatic N) is 2. The number of imide groups is 2. The van der Waals surface area contributed by atoms with Gasteiger partial charge in [-0.1, -0.05) is 49.6 Å². The molecule has 4 rings (SSSR count). The van der Waals surface area contributed by atoms with Crippen molar-refractivity contribution in [1.82, 2.24) is 26.0 Å². The average Bonchev–Trinajstić information content (AvgIpc) is 3.09. The van der Waals surface area contributed by atoms with Gasteiger partial charge in [0.15, 0.2) is 0 Å². The first-order valence-electron chi connectivity index (χ1n) is 9.93. The van der Waals surface area contributed by atoms with Crippen LogP contribution in [0.4, 0.5) is 9.59 Å². The predicted molar refractivity (Wildman–Crippen MR) is 103 cm³/mol. The predicted octanol–water partition coefficient (Wildman–Crippen LogP) is 0.740. The lowest BCUT2D eigenvalue weighted by molar-refractivity contribution is -0.141. The normalized spacial score (nSPS) is 25.5. The summed E-state index contributed by atoms with van der Waals surface area (Å²) in [6.45, 7) is 0.946. The van der Waals surface area contributed by atoms with E-state index in [-0.39, 0.29) is 0 Å². The minimum atomic E-state index is -1.30. The Kier molecular flexibility index (Phi) is 4.71. The first-order valence-corrected chi connectivity index (χ1v) is 9.93. The standard InChI is InChI=1S/C20H23N5O5/c1-19(13-8-4-2-5-9-13)15(27)24(17(29)21-19)12-14(26)23-25-16(28)20(22-18(25)30)10-6-3-7-11-20/h2,4-5,8-9H,3,6-7,10-12H2,1H3,(H,21,29)(H,22,30)(H,23,26). The van der Waals surface area contributed by atoms with Gasteiger partial charge in [-0.3, -0.25) is 24.7 Å². The largest absolute Gasteiger partial charge is 0.344 e. The van der Waals surface area contributed by atoms with Crippen molar-refractivity contribution in [3.05, 3.63) is 35.9 Å². The highest BCUT2D eigenvalue weighted by Crippen LogP contribution is 2.33. The van der Waals surface area contributed by atoms with Crippen LogP contribution in [0, 0.1) is 0 Å². The number of carbonyl (C=O) groups excluding carboxylic acids is 5. The van der Waals surface area contributed by atoms with E-state index in [0.29, 0.717) is 23.4 Å². The number of hydrogen-bond donors (Lipinski definition) is 3. The van der Waals surface area contributed by atoms with Crippen LogP contribution in [-0.4, -0.2) is 51.8 Å². The number of urea groups is 2. The van der Waals surface area contributed by atoms with Crippen molar-refractivity contribution in [1.29, 1.82) is 0 Å². The zero-order valence-corrected chi connectivity index (χ0v) is 16.6. The molecule has 158 valence electrons. The van der Waals surface area contributed by atoms with Crippen molar-refractivity contribution >= 4 is 29.8 Å². The highest BCUT2D eigenvalue weighted by molar-refractivity contribution is 6.10. The lowest BCUT2D eigenvalue weighted by Gasteiger charge is -2.30. The molecule has 1 unspecified atom stereocenters. The first-order chi connectivity index (χ1) is 14.3. The van der Waals surface area contributed by atoms with Gasteiger partial charge in [0.1, 0.15) is 17.6 Å². The second-order valence-corrected chi connectivity index (χ2v) is 8.06.